The van der Waals surface area contributed by atoms with Crippen molar-refractivity contribution in [1.29, 1.82) is 0 Å². The molecule has 0 fully saturated rings. The van der Waals surface area contributed by atoms with Gasteiger partial charge in [0.15, 0.2) is 0 Å². The van der Waals surface area contributed by atoms with E-state index in [1.807, 2.05) is 13.1 Å². The molecule has 0 aliphatic carbocycles. The van der Waals surface area contributed by atoms with Gasteiger partial charge in [-0.05, 0) is 68.7 Å². The van der Waals surface area contributed by atoms with Crippen LogP contribution in [0.25, 0.3) is 0 Å². The van der Waals surface area contributed by atoms with Crippen LogP contribution >= 0.6 is 54.8 Å². The summed E-state index contributed by atoms with van der Waals surface area (Å²) in [6.45, 7) is 0. The van der Waals surface area contributed by atoms with Gasteiger partial charge in [0.1, 0.15) is 5.82 Å². The van der Waals surface area contributed by atoms with Crippen LogP contribution in [-0.2, 0) is 0 Å². The van der Waals surface area contributed by atoms with Crippen molar-refractivity contribution in [3.8, 4) is 0 Å². The summed E-state index contributed by atoms with van der Waals surface area (Å²) in [7, 11) is 1.83. The monoisotopic (exact) mass is 411 g/mol. The predicted molar refractivity (Wildman–Crippen MR) is 82.0 cm³/mol. The zero-order valence-corrected chi connectivity index (χ0v) is 14.1. The first kappa shape index (κ1) is 14.5. The van der Waals surface area contributed by atoms with Crippen LogP contribution in [0.5, 0.6) is 0 Å². The van der Waals surface area contributed by atoms with Crippen LogP contribution in [0, 0.1) is 5.82 Å². The molecule has 0 saturated carbocycles. The summed E-state index contributed by atoms with van der Waals surface area (Å²) in [5.74, 6) is -0.288. The first-order valence-corrected chi connectivity index (χ1v) is 7.88. The molecule has 0 spiro atoms. The maximum Gasteiger partial charge on any atom is 0.123 e. The smallest absolute Gasteiger partial charge is 0.123 e. The highest BCUT2D eigenvalue weighted by Crippen LogP contribution is 2.39. The summed E-state index contributed by atoms with van der Waals surface area (Å²) in [4.78, 5) is 1.06. The van der Waals surface area contributed by atoms with Gasteiger partial charge in [0.25, 0.3) is 0 Å². The Kier molecular flexibility index (Phi) is 4.83. The average molecular weight is 414 g/mol. The highest BCUT2D eigenvalue weighted by atomic mass is 79.9. The number of halogens is 4. The molecular formula is C12H9Br2ClFNS. The van der Waals surface area contributed by atoms with E-state index < -0.39 is 0 Å². The lowest BCUT2D eigenvalue weighted by molar-refractivity contribution is 0.618. The average Bonchev–Trinajstić information content (AvgIpc) is 2.65. The SMILES string of the molecule is CNC(c1cc(Br)c(Br)s1)c1cc(F)ccc1Cl. The van der Waals surface area contributed by atoms with Gasteiger partial charge in [-0.1, -0.05) is 11.6 Å². The number of nitrogens with one attached hydrogen (secondary N) is 1. The number of rotatable bonds is 3. The van der Waals surface area contributed by atoms with Crippen LogP contribution in [0.15, 0.2) is 32.5 Å². The minimum absolute atomic E-state index is 0.124. The lowest BCUT2D eigenvalue weighted by atomic mass is 10.1. The van der Waals surface area contributed by atoms with Crippen molar-refractivity contribution in [3.05, 3.63) is 53.8 Å². The van der Waals surface area contributed by atoms with Crippen molar-refractivity contribution < 1.29 is 4.39 Å². The van der Waals surface area contributed by atoms with Crippen molar-refractivity contribution in [1.82, 2.24) is 5.32 Å². The van der Waals surface area contributed by atoms with Crippen molar-refractivity contribution in [2.24, 2.45) is 0 Å². The molecule has 1 heterocycles. The van der Waals surface area contributed by atoms with Gasteiger partial charge in [-0.3, -0.25) is 0 Å². The van der Waals surface area contributed by atoms with E-state index in [0.29, 0.717) is 5.02 Å². The van der Waals surface area contributed by atoms with E-state index in [-0.39, 0.29) is 11.9 Å². The van der Waals surface area contributed by atoms with E-state index >= 15 is 0 Å². The molecule has 1 atom stereocenters. The molecular weight excluding hydrogens is 404 g/mol. The fraction of sp³-hybridized carbons (Fsp3) is 0.167. The first-order valence-electron chi connectivity index (χ1n) is 5.10. The van der Waals surface area contributed by atoms with Crippen LogP contribution in [0.3, 0.4) is 0 Å². The second-order valence-corrected chi connectivity index (χ2v) is 7.32. The van der Waals surface area contributed by atoms with Gasteiger partial charge in [-0.25, -0.2) is 4.39 Å². The van der Waals surface area contributed by atoms with E-state index in [9.17, 15) is 4.39 Å². The summed E-state index contributed by atoms with van der Waals surface area (Å²) in [6.07, 6.45) is 0. The molecule has 2 rings (SSSR count). The Bertz CT molecular complexity index is 554. The molecule has 1 nitrogen and oxygen atoms in total. The summed E-state index contributed by atoms with van der Waals surface area (Å²) in [5, 5.41) is 3.71. The number of thiophene rings is 1. The van der Waals surface area contributed by atoms with E-state index in [1.165, 1.54) is 12.1 Å². The van der Waals surface area contributed by atoms with Crippen molar-refractivity contribution in [2.75, 3.05) is 7.05 Å². The number of hydrogen-bond acceptors (Lipinski definition) is 2. The molecule has 0 aliphatic rings. The van der Waals surface area contributed by atoms with Gasteiger partial charge >= 0.3 is 0 Å². The van der Waals surface area contributed by atoms with E-state index in [0.717, 1.165) is 18.7 Å². The number of benzene rings is 1. The van der Waals surface area contributed by atoms with E-state index in [2.05, 4.69) is 37.2 Å². The topological polar surface area (TPSA) is 12.0 Å². The minimum Gasteiger partial charge on any atom is -0.309 e. The summed E-state index contributed by atoms with van der Waals surface area (Å²) < 4.78 is 15.3. The van der Waals surface area contributed by atoms with Crippen molar-refractivity contribution >= 4 is 54.8 Å². The van der Waals surface area contributed by atoms with Crippen LogP contribution in [0.4, 0.5) is 4.39 Å². The first-order chi connectivity index (χ1) is 8.52. The third kappa shape index (κ3) is 2.96. The maximum atomic E-state index is 13.3. The zero-order valence-electron chi connectivity index (χ0n) is 9.31. The molecule has 0 saturated heterocycles. The molecule has 2 aromatic rings. The molecule has 6 heteroatoms. The molecule has 96 valence electrons. The van der Waals surface area contributed by atoms with Crippen molar-refractivity contribution in [2.45, 2.75) is 6.04 Å². The Morgan fingerprint density at radius 3 is 2.61 bits per heavy atom. The molecule has 18 heavy (non-hydrogen) atoms. The molecule has 1 aromatic heterocycles. The number of hydrogen-bond donors (Lipinski definition) is 1. The Morgan fingerprint density at radius 2 is 2.06 bits per heavy atom. The highest BCUT2D eigenvalue weighted by molar-refractivity contribution is 9.13. The predicted octanol–water partition coefficient (Wildman–Crippen LogP) is 5.37. The van der Waals surface area contributed by atoms with Gasteiger partial charge < -0.3 is 5.32 Å². The zero-order chi connectivity index (χ0) is 13.3. The quantitative estimate of drug-likeness (QED) is 0.713. The maximum absolute atomic E-state index is 13.3. The van der Waals surface area contributed by atoms with Gasteiger partial charge in [0.05, 0.1) is 9.83 Å². The van der Waals surface area contributed by atoms with E-state index in [4.69, 9.17) is 11.6 Å². The molecule has 0 amide bonds. The lowest BCUT2D eigenvalue weighted by Crippen LogP contribution is -2.17. The van der Waals surface area contributed by atoms with E-state index in [1.54, 1.807) is 17.4 Å². The molecule has 0 aliphatic heterocycles. The Morgan fingerprint density at radius 1 is 1.33 bits per heavy atom. The summed E-state index contributed by atoms with van der Waals surface area (Å²) >= 11 is 14.6. The van der Waals surface area contributed by atoms with Crippen molar-refractivity contribution in [3.63, 3.8) is 0 Å². The van der Waals surface area contributed by atoms with Gasteiger partial charge in [-0.2, -0.15) is 0 Å². The fourth-order valence-corrected chi connectivity index (χ4v) is 4.14. The molecule has 1 N–H and O–H groups in total. The fourth-order valence-electron chi connectivity index (χ4n) is 1.69. The van der Waals surface area contributed by atoms with Gasteiger partial charge in [0, 0.05) is 14.4 Å². The molecule has 0 bridgehead atoms. The van der Waals surface area contributed by atoms with Crippen LogP contribution < -0.4 is 5.32 Å². The van der Waals surface area contributed by atoms with Crippen LogP contribution in [0.2, 0.25) is 5.02 Å². The van der Waals surface area contributed by atoms with Crippen LogP contribution in [-0.4, -0.2) is 7.05 Å². The lowest BCUT2D eigenvalue weighted by Gasteiger charge is -2.16. The largest absolute Gasteiger partial charge is 0.309 e. The molecule has 1 aromatic carbocycles. The third-order valence-electron chi connectivity index (χ3n) is 2.51. The Hall–Kier alpha value is 0.0600. The second-order valence-electron chi connectivity index (χ2n) is 3.66. The third-order valence-corrected chi connectivity index (χ3v) is 6.17. The summed E-state index contributed by atoms with van der Waals surface area (Å²) in [6, 6.07) is 6.27. The Labute approximate surface area is 131 Å². The summed E-state index contributed by atoms with van der Waals surface area (Å²) in [5.41, 5.74) is 0.736. The minimum atomic E-state index is -0.288. The second kappa shape index (κ2) is 6.01. The van der Waals surface area contributed by atoms with Crippen LogP contribution in [0.1, 0.15) is 16.5 Å². The molecule has 1 unspecified atom stereocenters. The van der Waals surface area contributed by atoms with Gasteiger partial charge in [-0.15, -0.1) is 11.3 Å². The normalized spacial score (nSPS) is 12.7. The molecule has 0 radical (unpaired) electrons. The Balaban J connectivity index is 2.48. The standard InChI is InChI=1S/C12H9Br2ClFNS/c1-17-11(10-5-8(13)12(14)18-10)7-4-6(16)2-3-9(7)15/h2-5,11,17H,1H3. The van der Waals surface area contributed by atoms with Gasteiger partial charge in [0.2, 0.25) is 0 Å². The highest BCUT2D eigenvalue weighted by Gasteiger charge is 2.19.